The Morgan fingerprint density at radius 2 is 1.92 bits per heavy atom. The van der Waals surface area contributed by atoms with Crippen molar-refractivity contribution in [1.29, 1.82) is 0 Å². The fourth-order valence-corrected chi connectivity index (χ4v) is 3.39. The van der Waals surface area contributed by atoms with Gasteiger partial charge in [0.05, 0.1) is 16.3 Å². The topological polar surface area (TPSA) is 128 Å². The lowest BCUT2D eigenvalue weighted by atomic mass is 10.2. The zero-order valence-corrected chi connectivity index (χ0v) is 14.9. The van der Waals surface area contributed by atoms with Gasteiger partial charge < -0.3 is 4.42 Å². The Balaban J connectivity index is 1.77. The third kappa shape index (κ3) is 3.56. The summed E-state index contributed by atoms with van der Waals surface area (Å²) in [5.74, 6) is -0.253. The predicted molar refractivity (Wildman–Crippen MR) is 90.1 cm³/mol. The minimum absolute atomic E-state index is 0.0228. The standard InChI is InChI=1S/C14H13N5O4S2/c1-3-25(21,22)10-6-4-9(5-7-10)13-17-18-14(23-13)15-12(20)11-8(2)16-19-24-11/h4-7H,3H2,1-2H3,(H,15,18,20). The summed E-state index contributed by atoms with van der Waals surface area (Å²) >= 11 is 0.966. The monoisotopic (exact) mass is 379 g/mol. The highest BCUT2D eigenvalue weighted by atomic mass is 32.2. The Labute approximate surface area is 147 Å². The van der Waals surface area contributed by atoms with Crippen molar-refractivity contribution in [3.05, 3.63) is 34.8 Å². The van der Waals surface area contributed by atoms with Crippen molar-refractivity contribution in [3.8, 4) is 11.5 Å². The second kappa shape index (κ2) is 6.69. The van der Waals surface area contributed by atoms with Gasteiger partial charge in [0.1, 0.15) is 4.88 Å². The summed E-state index contributed by atoms with van der Waals surface area (Å²) in [5.41, 5.74) is 1.05. The van der Waals surface area contributed by atoms with E-state index in [1.807, 2.05) is 0 Å². The number of amides is 1. The van der Waals surface area contributed by atoms with Gasteiger partial charge in [-0.15, -0.1) is 10.2 Å². The molecule has 11 heteroatoms. The Bertz CT molecular complexity index is 1010. The molecule has 0 aliphatic rings. The Morgan fingerprint density at radius 3 is 2.52 bits per heavy atom. The number of rotatable bonds is 5. The molecular weight excluding hydrogens is 366 g/mol. The summed E-state index contributed by atoms with van der Waals surface area (Å²) in [6, 6.07) is 6.02. The number of anilines is 1. The molecule has 0 spiro atoms. The maximum atomic E-state index is 12.1. The molecule has 0 unspecified atom stereocenters. The van der Waals surface area contributed by atoms with Crippen LogP contribution >= 0.6 is 11.5 Å². The molecule has 2 aromatic heterocycles. The number of hydrogen-bond donors (Lipinski definition) is 1. The maximum Gasteiger partial charge on any atom is 0.322 e. The molecule has 0 aliphatic heterocycles. The lowest BCUT2D eigenvalue weighted by molar-refractivity contribution is 0.102. The van der Waals surface area contributed by atoms with Crippen molar-refractivity contribution in [2.24, 2.45) is 0 Å². The van der Waals surface area contributed by atoms with Crippen LogP contribution in [0.15, 0.2) is 33.6 Å². The van der Waals surface area contributed by atoms with Crippen LogP contribution in [-0.2, 0) is 9.84 Å². The van der Waals surface area contributed by atoms with E-state index in [0.717, 1.165) is 11.5 Å². The minimum atomic E-state index is -3.27. The van der Waals surface area contributed by atoms with Gasteiger partial charge in [0, 0.05) is 5.56 Å². The van der Waals surface area contributed by atoms with Crippen LogP contribution in [0.1, 0.15) is 22.3 Å². The molecule has 3 rings (SSSR count). The first-order valence-corrected chi connectivity index (χ1v) is 9.60. The van der Waals surface area contributed by atoms with E-state index in [0.29, 0.717) is 16.1 Å². The summed E-state index contributed by atoms with van der Waals surface area (Å²) in [6.07, 6.45) is 0. The SMILES string of the molecule is CCS(=O)(=O)c1ccc(-c2nnc(NC(=O)c3snnc3C)o2)cc1. The van der Waals surface area contributed by atoms with Gasteiger partial charge in [-0.25, -0.2) is 8.42 Å². The Morgan fingerprint density at radius 1 is 1.20 bits per heavy atom. The summed E-state index contributed by atoms with van der Waals surface area (Å²) in [4.78, 5) is 12.6. The second-order valence-corrected chi connectivity index (χ2v) is 8.01. The molecule has 3 aromatic rings. The van der Waals surface area contributed by atoms with Gasteiger partial charge in [0.25, 0.3) is 5.91 Å². The number of aryl methyl sites for hydroxylation is 1. The molecule has 0 bridgehead atoms. The van der Waals surface area contributed by atoms with Gasteiger partial charge in [-0.2, -0.15) is 0 Å². The normalized spacial score (nSPS) is 11.4. The number of hydrogen-bond acceptors (Lipinski definition) is 9. The third-order valence-electron chi connectivity index (χ3n) is 3.34. The number of carbonyl (C=O) groups is 1. The fourth-order valence-electron chi connectivity index (χ4n) is 1.96. The van der Waals surface area contributed by atoms with Gasteiger partial charge in [-0.05, 0) is 42.7 Å². The molecule has 25 heavy (non-hydrogen) atoms. The number of nitrogens with one attached hydrogen (secondary N) is 1. The number of aromatic nitrogens is 4. The van der Waals surface area contributed by atoms with E-state index >= 15 is 0 Å². The Kier molecular flexibility index (Phi) is 4.59. The first-order valence-electron chi connectivity index (χ1n) is 7.17. The third-order valence-corrected chi connectivity index (χ3v) is 5.92. The molecule has 0 atom stereocenters. The van der Waals surface area contributed by atoms with E-state index in [9.17, 15) is 13.2 Å². The van der Waals surface area contributed by atoms with E-state index in [4.69, 9.17) is 4.42 Å². The van der Waals surface area contributed by atoms with Crippen LogP contribution in [0.25, 0.3) is 11.5 Å². The smallest absolute Gasteiger partial charge is 0.322 e. The number of carbonyl (C=O) groups excluding carboxylic acids is 1. The number of benzene rings is 1. The lowest BCUT2D eigenvalue weighted by Crippen LogP contribution is -2.11. The zero-order valence-electron chi connectivity index (χ0n) is 13.3. The molecule has 0 aliphatic carbocycles. The largest absolute Gasteiger partial charge is 0.403 e. The zero-order chi connectivity index (χ0) is 18.0. The van der Waals surface area contributed by atoms with E-state index in [2.05, 4.69) is 25.1 Å². The van der Waals surface area contributed by atoms with Crippen LogP contribution < -0.4 is 5.32 Å². The van der Waals surface area contributed by atoms with Gasteiger partial charge in [0.2, 0.25) is 5.89 Å². The van der Waals surface area contributed by atoms with Crippen LogP contribution in [0.2, 0.25) is 0 Å². The van der Waals surface area contributed by atoms with Crippen LogP contribution in [-0.4, -0.2) is 39.9 Å². The molecule has 9 nitrogen and oxygen atoms in total. The quantitative estimate of drug-likeness (QED) is 0.712. The van der Waals surface area contributed by atoms with Crippen molar-refractivity contribution in [2.45, 2.75) is 18.7 Å². The lowest BCUT2D eigenvalue weighted by Gasteiger charge is -2.01. The maximum absolute atomic E-state index is 12.1. The average Bonchev–Trinajstić information content (AvgIpc) is 3.24. The first-order chi connectivity index (χ1) is 11.9. The number of nitrogens with zero attached hydrogens (tertiary/aromatic N) is 4. The van der Waals surface area contributed by atoms with E-state index in [1.54, 1.807) is 26.0 Å². The fraction of sp³-hybridized carbons (Fsp3) is 0.214. The van der Waals surface area contributed by atoms with Crippen LogP contribution in [0.3, 0.4) is 0 Å². The minimum Gasteiger partial charge on any atom is -0.403 e. The van der Waals surface area contributed by atoms with Gasteiger partial charge in [0.15, 0.2) is 9.84 Å². The van der Waals surface area contributed by atoms with Crippen LogP contribution in [0, 0.1) is 6.92 Å². The summed E-state index contributed by atoms with van der Waals surface area (Å²) in [5, 5.41) is 13.8. The molecule has 130 valence electrons. The van der Waals surface area contributed by atoms with Gasteiger partial charge in [-0.3, -0.25) is 10.1 Å². The van der Waals surface area contributed by atoms with E-state index < -0.39 is 15.7 Å². The first kappa shape index (κ1) is 17.2. The molecule has 0 radical (unpaired) electrons. The molecule has 1 aromatic carbocycles. The van der Waals surface area contributed by atoms with Crippen LogP contribution in [0.4, 0.5) is 6.01 Å². The average molecular weight is 379 g/mol. The highest BCUT2D eigenvalue weighted by Crippen LogP contribution is 2.22. The van der Waals surface area contributed by atoms with E-state index in [1.165, 1.54) is 12.1 Å². The highest BCUT2D eigenvalue weighted by molar-refractivity contribution is 7.91. The molecule has 1 N–H and O–H groups in total. The molecular formula is C14H13N5O4S2. The van der Waals surface area contributed by atoms with E-state index in [-0.39, 0.29) is 22.6 Å². The summed E-state index contributed by atoms with van der Waals surface area (Å²) in [7, 11) is -3.27. The highest BCUT2D eigenvalue weighted by Gasteiger charge is 2.17. The molecule has 0 saturated heterocycles. The second-order valence-electron chi connectivity index (χ2n) is 4.98. The van der Waals surface area contributed by atoms with Crippen molar-refractivity contribution in [1.82, 2.24) is 19.8 Å². The Hall–Kier alpha value is -2.66. The van der Waals surface area contributed by atoms with Crippen molar-refractivity contribution in [3.63, 3.8) is 0 Å². The van der Waals surface area contributed by atoms with Crippen LogP contribution in [0.5, 0.6) is 0 Å². The van der Waals surface area contributed by atoms with Gasteiger partial charge >= 0.3 is 6.01 Å². The molecule has 2 heterocycles. The summed E-state index contributed by atoms with van der Waals surface area (Å²) in [6.45, 7) is 3.25. The molecule has 0 fully saturated rings. The molecule has 0 saturated carbocycles. The van der Waals surface area contributed by atoms with Gasteiger partial charge in [-0.1, -0.05) is 16.5 Å². The van der Waals surface area contributed by atoms with Crippen molar-refractivity contribution < 1.29 is 17.6 Å². The predicted octanol–water partition coefficient (Wildman–Crippen LogP) is 1.94. The van der Waals surface area contributed by atoms with Crippen molar-refractivity contribution in [2.75, 3.05) is 11.1 Å². The molecule has 1 amide bonds. The van der Waals surface area contributed by atoms with Crippen molar-refractivity contribution >= 4 is 33.3 Å². The summed E-state index contributed by atoms with van der Waals surface area (Å²) < 4.78 is 32.7. The number of sulfone groups is 1.